The van der Waals surface area contributed by atoms with Gasteiger partial charge in [-0.2, -0.15) is 10.5 Å². The van der Waals surface area contributed by atoms with E-state index in [0.717, 1.165) is 0 Å². The van der Waals surface area contributed by atoms with Gasteiger partial charge in [0.05, 0.1) is 19.1 Å². The van der Waals surface area contributed by atoms with Crippen LogP contribution in [0.4, 0.5) is 0 Å². The number of carbonyl (C=O) groups is 1. The Kier molecular flexibility index (Phi) is 3.00. The fraction of sp³-hybridized carbons (Fsp3) is 0.438. The van der Waals surface area contributed by atoms with Crippen LogP contribution in [0.15, 0.2) is 24.3 Å². The maximum atomic E-state index is 13.4. The minimum absolute atomic E-state index is 0.0866. The van der Waals surface area contributed by atoms with Crippen LogP contribution in [-0.2, 0) is 25.7 Å². The van der Waals surface area contributed by atoms with Crippen molar-refractivity contribution in [3.63, 3.8) is 0 Å². The molecule has 1 fully saturated rings. The van der Waals surface area contributed by atoms with Gasteiger partial charge in [0.2, 0.25) is 0 Å². The van der Waals surface area contributed by atoms with Crippen LogP contribution in [0.3, 0.4) is 0 Å². The van der Waals surface area contributed by atoms with Crippen LogP contribution in [0.2, 0.25) is 0 Å². The van der Waals surface area contributed by atoms with Crippen LogP contribution in [-0.4, -0.2) is 12.6 Å². The largest absolute Gasteiger partial charge is 0.824 e. The molecule has 0 radical (unpaired) electrons. The highest BCUT2D eigenvalue weighted by atomic mass is 16.7. The topological polar surface area (TPSA) is 106 Å². The summed E-state index contributed by atoms with van der Waals surface area (Å²) in [5.74, 6) is -3.06. The molecule has 0 saturated carbocycles. The van der Waals surface area contributed by atoms with Gasteiger partial charge in [0.15, 0.2) is 5.60 Å². The molecule has 112 valence electrons. The number of esters is 1. The number of rotatable bonds is 3. The monoisotopic (exact) mass is 297 g/mol. The number of nitriles is 2. The van der Waals surface area contributed by atoms with E-state index in [1.54, 1.807) is 31.2 Å². The zero-order valence-corrected chi connectivity index (χ0v) is 12.0. The van der Waals surface area contributed by atoms with Crippen molar-refractivity contribution in [3.05, 3.63) is 35.4 Å². The van der Waals surface area contributed by atoms with Crippen molar-refractivity contribution in [2.24, 2.45) is 5.41 Å². The number of hydrogen-bond acceptors (Lipinski definition) is 6. The second-order valence-electron chi connectivity index (χ2n) is 5.52. The highest BCUT2D eigenvalue weighted by molar-refractivity contribution is 5.81. The van der Waals surface area contributed by atoms with Crippen molar-refractivity contribution in [1.29, 1.82) is 10.5 Å². The van der Waals surface area contributed by atoms with Gasteiger partial charge in [0.25, 0.3) is 0 Å². The fourth-order valence-corrected chi connectivity index (χ4v) is 3.49. The Balaban J connectivity index is 2.24. The van der Waals surface area contributed by atoms with Crippen molar-refractivity contribution >= 4 is 5.97 Å². The van der Waals surface area contributed by atoms with Gasteiger partial charge < -0.3 is 14.6 Å². The molecule has 6 nitrogen and oxygen atoms in total. The molecule has 3 rings (SSSR count). The molecule has 22 heavy (non-hydrogen) atoms. The highest BCUT2D eigenvalue weighted by Crippen LogP contribution is 2.65. The van der Waals surface area contributed by atoms with E-state index in [9.17, 15) is 15.2 Å². The number of fused-ring (bicyclic) bond motifs is 5. The summed E-state index contributed by atoms with van der Waals surface area (Å²) in [5.41, 5.74) is -2.49. The van der Waals surface area contributed by atoms with E-state index in [-0.39, 0.29) is 25.0 Å². The molecule has 0 aromatic heterocycles. The first kappa shape index (κ1) is 14.5. The molecule has 2 heterocycles. The first-order valence-electron chi connectivity index (χ1n) is 6.96. The zero-order valence-electron chi connectivity index (χ0n) is 12.0. The van der Waals surface area contributed by atoms with Crippen LogP contribution >= 0.6 is 0 Å². The van der Waals surface area contributed by atoms with E-state index in [2.05, 4.69) is 0 Å². The first-order chi connectivity index (χ1) is 10.5. The minimum atomic E-state index is -2.28. The molecule has 0 N–H and O–H groups in total. The molecule has 2 aliphatic rings. The van der Waals surface area contributed by atoms with E-state index >= 15 is 0 Å². The SMILES string of the molecule is CCOC(=O)C1(CC#N)CC2(C#N)OC1([O-])c1ccccc12. The third-order valence-electron chi connectivity index (χ3n) is 4.44. The van der Waals surface area contributed by atoms with E-state index in [1.165, 1.54) is 0 Å². The molecular formula is C16H13N2O4-. The van der Waals surface area contributed by atoms with Crippen molar-refractivity contribution in [2.75, 3.05) is 6.61 Å². The van der Waals surface area contributed by atoms with E-state index in [0.29, 0.717) is 5.56 Å². The molecule has 6 heteroatoms. The smallest absolute Gasteiger partial charge is 0.315 e. The Bertz CT molecular complexity index is 734. The van der Waals surface area contributed by atoms with E-state index in [4.69, 9.17) is 14.7 Å². The van der Waals surface area contributed by atoms with Gasteiger partial charge in [-0.25, -0.2) is 0 Å². The zero-order chi connectivity index (χ0) is 16.0. The lowest BCUT2D eigenvalue weighted by Gasteiger charge is -2.47. The Morgan fingerprint density at radius 2 is 2.09 bits per heavy atom. The summed E-state index contributed by atoms with van der Waals surface area (Å²) in [6, 6.07) is 10.5. The average molecular weight is 297 g/mol. The summed E-state index contributed by atoms with van der Waals surface area (Å²) < 4.78 is 10.6. The van der Waals surface area contributed by atoms with Crippen molar-refractivity contribution in [3.8, 4) is 12.1 Å². The summed E-state index contributed by atoms with van der Waals surface area (Å²) in [6.45, 7) is 1.71. The van der Waals surface area contributed by atoms with Crippen molar-refractivity contribution < 1.29 is 19.4 Å². The molecule has 1 aromatic rings. The first-order valence-corrected chi connectivity index (χ1v) is 6.96. The van der Waals surface area contributed by atoms with Gasteiger partial charge in [0.1, 0.15) is 11.5 Å². The summed E-state index contributed by atoms with van der Waals surface area (Å²) in [5, 5.41) is 32.1. The van der Waals surface area contributed by atoms with Gasteiger partial charge in [-0.15, -0.1) is 0 Å². The maximum Gasteiger partial charge on any atom is 0.315 e. The second kappa shape index (κ2) is 4.54. The summed E-state index contributed by atoms with van der Waals surface area (Å²) >= 11 is 0. The van der Waals surface area contributed by atoms with Crippen LogP contribution in [0, 0.1) is 28.1 Å². The number of hydrogen-bond donors (Lipinski definition) is 0. The number of nitrogens with zero attached hydrogens (tertiary/aromatic N) is 2. The van der Waals surface area contributed by atoms with Crippen molar-refractivity contribution in [2.45, 2.75) is 31.2 Å². The van der Waals surface area contributed by atoms with Crippen LogP contribution in [0.5, 0.6) is 0 Å². The fourth-order valence-electron chi connectivity index (χ4n) is 3.49. The summed E-state index contributed by atoms with van der Waals surface area (Å²) in [7, 11) is 0. The summed E-state index contributed by atoms with van der Waals surface area (Å²) in [6.07, 6.45) is -0.517. The normalized spacial score (nSPS) is 34.5. The Labute approximate surface area is 127 Å². The maximum absolute atomic E-state index is 13.4. The Hall–Kier alpha value is -2.41. The lowest BCUT2D eigenvalue weighted by Crippen LogP contribution is -2.57. The van der Waals surface area contributed by atoms with E-state index in [1.807, 2.05) is 12.1 Å². The molecule has 0 aliphatic carbocycles. The second-order valence-corrected chi connectivity index (χ2v) is 5.52. The number of ether oxygens (including phenoxy) is 2. The molecule has 1 aromatic carbocycles. The van der Waals surface area contributed by atoms with Gasteiger partial charge in [-0.05, 0) is 12.5 Å². The highest BCUT2D eigenvalue weighted by Gasteiger charge is 2.70. The van der Waals surface area contributed by atoms with Crippen LogP contribution < -0.4 is 5.11 Å². The van der Waals surface area contributed by atoms with Crippen LogP contribution in [0.25, 0.3) is 0 Å². The Morgan fingerprint density at radius 1 is 1.41 bits per heavy atom. The molecule has 3 unspecified atom stereocenters. The van der Waals surface area contributed by atoms with Gasteiger partial charge in [0, 0.05) is 17.8 Å². The van der Waals surface area contributed by atoms with Gasteiger partial charge in [-0.3, -0.25) is 4.79 Å². The standard InChI is InChI=1S/C16H13N2O4/c1-2-21-13(19)14(7-8-17)9-15(10-18)11-5-3-4-6-12(11)16(14,20)22-15/h3-6H,2,7,9H2,1H3/q-1. The third-order valence-corrected chi connectivity index (χ3v) is 4.44. The number of carbonyl (C=O) groups excluding carboxylic acids is 1. The molecule has 0 spiro atoms. The minimum Gasteiger partial charge on any atom is -0.824 e. The molecular weight excluding hydrogens is 284 g/mol. The lowest BCUT2D eigenvalue weighted by atomic mass is 9.64. The lowest BCUT2D eigenvalue weighted by molar-refractivity contribution is -0.580. The molecule has 3 atom stereocenters. The average Bonchev–Trinajstić information content (AvgIpc) is 2.94. The predicted molar refractivity (Wildman–Crippen MR) is 70.4 cm³/mol. The molecule has 2 bridgehead atoms. The quantitative estimate of drug-likeness (QED) is 0.764. The van der Waals surface area contributed by atoms with Gasteiger partial charge >= 0.3 is 5.97 Å². The molecule has 0 amide bonds. The summed E-state index contributed by atoms with van der Waals surface area (Å²) in [4.78, 5) is 12.5. The van der Waals surface area contributed by atoms with Crippen molar-refractivity contribution in [1.82, 2.24) is 0 Å². The van der Waals surface area contributed by atoms with E-state index < -0.39 is 22.8 Å². The van der Waals surface area contributed by atoms with Gasteiger partial charge in [-0.1, -0.05) is 24.3 Å². The molecule has 1 saturated heterocycles. The van der Waals surface area contributed by atoms with Crippen LogP contribution in [0.1, 0.15) is 30.9 Å². The molecule has 2 aliphatic heterocycles. The third kappa shape index (κ3) is 1.46. The number of benzene rings is 1. The predicted octanol–water partition coefficient (Wildman–Crippen LogP) is 0.816. The Morgan fingerprint density at radius 3 is 2.68 bits per heavy atom.